The number of carbonyl (C=O) groups is 1. The highest BCUT2D eigenvalue weighted by Crippen LogP contribution is 2.49. The maximum Gasteiger partial charge on any atom is 0.435 e. The number of carbonyl (C=O) groups excluding carboxylic acids is 1. The first-order valence-corrected chi connectivity index (χ1v) is 10.1. The van der Waals surface area contributed by atoms with Gasteiger partial charge in [0.25, 0.3) is 5.60 Å². The Morgan fingerprint density at radius 1 is 1.16 bits per heavy atom. The summed E-state index contributed by atoms with van der Waals surface area (Å²) in [5, 5.41) is 7.00. The summed E-state index contributed by atoms with van der Waals surface area (Å²) in [4.78, 5) is 18.2. The highest BCUT2D eigenvalue weighted by molar-refractivity contribution is 6.34. The molecule has 1 atom stereocenters. The summed E-state index contributed by atoms with van der Waals surface area (Å²) in [6, 6.07) is 8.19. The largest absolute Gasteiger partial charge is 0.435 e. The molecule has 1 aliphatic heterocycles. The summed E-state index contributed by atoms with van der Waals surface area (Å²) < 4.78 is 42.4. The van der Waals surface area contributed by atoms with Crippen LogP contribution in [0.1, 0.15) is 17.5 Å². The first-order valence-electron chi connectivity index (χ1n) is 8.95. The molecule has 1 heterocycles. The van der Waals surface area contributed by atoms with Gasteiger partial charge in [-0.25, -0.2) is 0 Å². The van der Waals surface area contributed by atoms with Gasteiger partial charge in [0.05, 0.1) is 23.0 Å². The van der Waals surface area contributed by atoms with Crippen molar-refractivity contribution in [1.29, 1.82) is 0 Å². The normalized spacial score (nSPS) is 18.4. The summed E-state index contributed by atoms with van der Waals surface area (Å²) in [6.07, 6.45) is -5.39. The molecule has 5 nitrogen and oxygen atoms in total. The number of anilines is 1. The van der Waals surface area contributed by atoms with Gasteiger partial charge in [0.15, 0.2) is 0 Å². The summed E-state index contributed by atoms with van der Waals surface area (Å²) >= 11 is 18.0. The van der Waals surface area contributed by atoms with Crippen LogP contribution in [0.2, 0.25) is 15.1 Å². The van der Waals surface area contributed by atoms with E-state index in [2.05, 4.69) is 10.5 Å². The monoisotopic (exact) mass is 493 g/mol. The van der Waals surface area contributed by atoms with Crippen molar-refractivity contribution >= 4 is 52.1 Å². The second-order valence-corrected chi connectivity index (χ2v) is 8.41. The molecule has 166 valence electrons. The number of hydrogen-bond donors (Lipinski definition) is 1. The molecule has 0 aliphatic carbocycles. The third-order valence-electron chi connectivity index (χ3n) is 4.74. The number of oxime groups is 1. The van der Waals surface area contributed by atoms with E-state index in [0.29, 0.717) is 16.3 Å². The van der Waals surface area contributed by atoms with Crippen molar-refractivity contribution in [2.75, 3.05) is 26.0 Å². The number of hydrogen-bond acceptors (Lipinski definition) is 4. The Hall–Kier alpha value is -2.16. The van der Waals surface area contributed by atoms with E-state index in [9.17, 15) is 18.0 Å². The van der Waals surface area contributed by atoms with Gasteiger partial charge in [0.2, 0.25) is 5.91 Å². The summed E-state index contributed by atoms with van der Waals surface area (Å²) in [5.41, 5.74) is -2.17. The van der Waals surface area contributed by atoms with E-state index >= 15 is 0 Å². The van der Waals surface area contributed by atoms with E-state index in [1.165, 1.54) is 29.2 Å². The van der Waals surface area contributed by atoms with Crippen molar-refractivity contribution in [1.82, 2.24) is 4.90 Å². The van der Waals surface area contributed by atoms with Crippen molar-refractivity contribution in [2.45, 2.75) is 18.2 Å². The van der Waals surface area contributed by atoms with E-state index < -0.39 is 18.2 Å². The average molecular weight is 495 g/mol. The molecule has 0 fully saturated rings. The van der Waals surface area contributed by atoms with Gasteiger partial charge in [-0.1, -0.05) is 46.0 Å². The molecule has 1 aliphatic rings. The van der Waals surface area contributed by atoms with Crippen LogP contribution in [0.25, 0.3) is 0 Å². The molecular formula is C20H17Cl3F3N3O2. The summed E-state index contributed by atoms with van der Waals surface area (Å²) in [5.74, 6) is -0.197. The van der Waals surface area contributed by atoms with Gasteiger partial charge >= 0.3 is 6.18 Å². The van der Waals surface area contributed by atoms with Crippen LogP contribution in [0, 0.1) is 0 Å². The van der Waals surface area contributed by atoms with Crippen LogP contribution in [0.5, 0.6) is 0 Å². The van der Waals surface area contributed by atoms with Gasteiger partial charge < -0.3 is 15.1 Å². The topological polar surface area (TPSA) is 53.9 Å². The van der Waals surface area contributed by atoms with Crippen LogP contribution in [-0.4, -0.2) is 43.3 Å². The average Bonchev–Trinajstić information content (AvgIpc) is 3.13. The summed E-state index contributed by atoms with van der Waals surface area (Å²) in [6.45, 7) is -0.0351. The molecule has 2 aromatic carbocycles. The summed E-state index contributed by atoms with van der Waals surface area (Å²) in [7, 11) is 3.21. The molecule has 0 radical (unpaired) electrons. The number of nitrogens with zero attached hydrogens (tertiary/aromatic N) is 2. The van der Waals surface area contributed by atoms with Crippen LogP contribution < -0.4 is 5.32 Å². The minimum Gasteiger partial charge on any atom is -0.375 e. The second kappa shape index (κ2) is 8.76. The van der Waals surface area contributed by atoms with Gasteiger partial charge in [0, 0.05) is 41.7 Å². The van der Waals surface area contributed by atoms with E-state index in [-0.39, 0.29) is 33.8 Å². The number of alkyl halides is 3. The molecule has 11 heteroatoms. The molecule has 0 spiro atoms. The van der Waals surface area contributed by atoms with Crippen LogP contribution in [0.3, 0.4) is 0 Å². The second-order valence-electron chi connectivity index (χ2n) is 7.13. The molecule has 1 amide bonds. The number of likely N-dealkylation sites (N-methyl/N-ethyl adjacent to an activating group) is 1. The van der Waals surface area contributed by atoms with Crippen LogP contribution in [0.15, 0.2) is 41.6 Å². The van der Waals surface area contributed by atoms with Gasteiger partial charge in [-0.2, -0.15) is 13.2 Å². The minimum atomic E-state index is -4.79. The first-order chi connectivity index (χ1) is 14.4. The maximum absolute atomic E-state index is 14.1. The third kappa shape index (κ3) is 4.86. The number of nitrogens with one attached hydrogen (secondary N) is 1. The SMILES string of the molecule is CN(C)C(=O)CNc1cc(C2=NOC(c3cc(Cl)cc(Cl)c3)(C(F)(F)F)C2)ccc1Cl. The van der Waals surface area contributed by atoms with E-state index in [1.54, 1.807) is 14.1 Å². The number of amides is 1. The van der Waals surface area contributed by atoms with Crippen molar-refractivity contribution in [3.63, 3.8) is 0 Å². The maximum atomic E-state index is 14.1. The highest BCUT2D eigenvalue weighted by Gasteiger charge is 2.62. The van der Waals surface area contributed by atoms with Crippen LogP contribution in [-0.2, 0) is 15.2 Å². The molecule has 0 bridgehead atoms. The van der Waals surface area contributed by atoms with Crippen LogP contribution >= 0.6 is 34.8 Å². The minimum absolute atomic E-state index is 0.0351. The van der Waals surface area contributed by atoms with Gasteiger partial charge in [-0.05, 0) is 30.3 Å². The molecule has 1 N–H and O–H groups in total. The Morgan fingerprint density at radius 3 is 2.39 bits per heavy atom. The third-order valence-corrected chi connectivity index (χ3v) is 5.51. The molecule has 0 saturated carbocycles. The number of rotatable bonds is 5. The highest BCUT2D eigenvalue weighted by atomic mass is 35.5. The van der Waals surface area contributed by atoms with Crippen LogP contribution in [0.4, 0.5) is 18.9 Å². The van der Waals surface area contributed by atoms with E-state index in [4.69, 9.17) is 39.6 Å². The van der Waals surface area contributed by atoms with Crippen molar-refractivity contribution in [2.24, 2.45) is 5.16 Å². The fraction of sp³-hybridized carbons (Fsp3) is 0.300. The molecule has 1 unspecified atom stereocenters. The molecule has 2 aromatic rings. The Labute approximate surface area is 191 Å². The Bertz CT molecular complexity index is 1020. The van der Waals surface area contributed by atoms with Crippen molar-refractivity contribution in [3.8, 4) is 0 Å². The smallest absolute Gasteiger partial charge is 0.375 e. The van der Waals surface area contributed by atoms with Gasteiger partial charge in [0.1, 0.15) is 0 Å². The molecule has 0 saturated heterocycles. The van der Waals surface area contributed by atoms with E-state index in [1.807, 2.05) is 0 Å². The molecule has 0 aromatic heterocycles. The lowest BCUT2D eigenvalue weighted by Gasteiger charge is -2.29. The van der Waals surface area contributed by atoms with Gasteiger partial charge in [-0.3, -0.25) is 4.79 Å². The number of benzene rings is 2. The predicted octanol–water partition coefficient (Wildman–Crippen LogP) is 5.73. The lowest BCUT2D eigenvalue weighted by atomic mass is 9.86. The Morgan fingerprint density at radius 2 is 1.81 bits per heavy atom. The quantitative estimate of drug-likeness (QED) is 0.578. The molecule has 31 heavy (non-hydrogen) atoms. The fourth-order valence-electron chi connectivity index (χ4n) is 3.01. The first kappa shape index (κ1) is 23.5. The fourth-order valence-corrected chi connectivity index (χ4v) is 3.73. The zero-order chi connectivity index (χ0) is 23.0. The van der Waals surface area contributed by atoms with E-state index in [0.717, 1.165) is 12.1 Å². The zero-order valence-corrected chi connectivity index (χ0v) is 18.6. The number of halogens is 6. The lowest BCUT2D eigenvalue weighted by Crippen LogP contribution is -2.42. The molecular weight excluding hydrogens is 478 g/mol. The Balaban J connectivity index is 1.92. The molecule has 3 rings (SSSR count). The standard InChI is InChI=1S/C20H17Cl3F3N3O2/c1-29(2)18(30)10-27-16-5-11(3-4-15(16)23)17-9-19(31-28-17,20(24,25)26)12-6-13(21)8-14(22)7-12/h3-8,27H,9-10H2,1-2H3. The Kier molecular flexibility index (Phi) is 6.64. The zero-order valence-electron chi connectivity index (χ0n) is 16.4. The van der Waals surface area contributed by atoms with Gasteiger partial charge in [-0.15, -0.1) is 0 Å². The van der Waals surface area contributed by atoms with Crippen molar-refractivity contribution in [3.05, 3.63) is 62.6 Å². The predicted molar refractivity (Wildman–Crippen MR) is 115 cm³/mol. The lowest BCUT2D eigenvalue weighted by molar-refractivity contribution is -0.275. The van der Waals surface area contributed by atoms with Crippen molar-refractivity contribution < 1.29 is 22.8 Å².